The van der Waals surface area contributed by atoms with Crippen LogP contribution in [0.25, 0.3) is 0 Å². The molecule has 0 aromatic rings. The second-order valence-electron chi connectivity index (χ2n) is 3.62. The van der Waals surface area contributed by atoms with Gasteiger partial charge in [0, 0.05) is 13.0 Å². The van der Waals surface area contributed by atoms with E-state index in [4.69, 9.17) is 10.00 Å². The molecule has 0 atom stereocenters. The van der Waals surface area contributed by atoms with E-state index >= 15 is 0 Å². The molecule has 0 N–H and O–H groups in total. The number of rotatable bonds is 6. The Morgan fingerprint density at radius 2 is 2.08 bits per heavy atom. The second-order valence-corrected chi connectivity index (χ2v) is 3.62. The van der Waals surface area contributed by atoms with E-state index < -0.39 is 0 Å². The van der Waals surface area contributed by atoms with Crippen molar-refractivity contribution < 1.29 is 4.74 Å². The van der Waals surface area contributed by atoms with Gasteiger partial charge in [-0.2, -0.15) is 5.26 Å². The molecule has 2 heteroatoms. The summed E-state index contributed by atoms with van der Waals surface area (Å²) in [6, 6.07) is 2.13. The number of hydrogen-bond donors (Lipinski definition) is 0. The van der Waals surface area contributed by atoms with E-state index in [1.54, 1.807) is 0 Å². The molecule has 0 aliphatic rings. The summed E-state index contributed by atoms with van der Waals surface area (Å²) in [5.41, 5.74) is -0.120. The molecular formula is C10H19NO. The number of nitrogens with zero attached hydrogens (tertiary/aromatic N) is 1. The summed E-state index contributed by atoms with van der Waals surface area (Å²) in [6.45, 7) is 7.04. The maximum Gasteiger partial charge on any atom is 0.0636 e. The Morgan fingerprint density at radius 3 is 2.58 bits per heavy atom. The number of unbranched alkanes of at least 4 members (excludes halogenated alkanes) is 1. The van der Waals surface area contributed by atoms with Crippen LogP contribution < -0.4 is 0 Å². The highest BCUT2D eigenvalue weighted by molar-refractivity contribution is 4.77. The third-order valence-electron chi connectivity index (χ3n) is 1.83. The van der Waals surface area contributed by atoms with Gasteiger partial charge in [0.15, 0.2) is 0 Å². The van der Waals surface area contributed by atoms with Crippen LogP contribution in [0.15, 0.2) is 0 Å². The van der Waals surface area contributed by atoms with Gasteiger partial charge in [0.05, 0.1) is 11.7 Å². The monoisotopic (exact) mass is 169 g/mol. The molecule has 0 radical (unpaired) electrons. The van der Waals surface area contributed by atoms with E-state index in [2.05, 4.69) is 13.0 Å². The Kier molecular flexibility index (Phi) is 5.74. The molecule has 70 valence electrons. The molecule has 12 heavy (non-hydrogen) atoms. The van der Waals surface area contributed by atoms with E-state index in [-0.39, 0.29) is 5.60 Å². The van der Waals surface area contributed by atoms with Crippen LogP contribution in [0.3, 0.4) is 0 Å². The molecule has 0 spiro atoms. The molecule has 0 rings (SSSR count). The summed E-state index contributed by atoms with van der Waals surface area (Å²) in [6.07, 6.45) is 3.68. The van der Waals surface area contributed by atoms with Crippen molar-refractivity contribution in [2.75, 3.05) is 6.61 Å². The quantitative estimate of drug-likeness (QED) is 0.573. The molecule has 0 saturated heterocycles. The number of ether oxygens (including phenoxy) is 1. The van der Waals surface area contributed by atoms with E-state index in [1.165, 1.54) is 0 Å². The van der Waals surface area contributed by atoms with Crippen LogP contribution >= 0.6 is 0 Å². The fourth-order valence-corrected chi connectivity index (χ4v) is 0.922. The fraction of sp³-hybridized carbons (Fsp3) is 0.900. The van der Waals surface area contributed by atoms with Crippen LogP contribution in [-0.2, 0) is 4.74 Å². The lowest BCUT2D eigenvalue weighted by molar-refractivity contribution is -0.0235. The van der Waals surface area contributed by atoms with Gasteiger partial charge in [0.2, 0.25) is 0 Å². The molecule has 0 unspecified atom stereocenters. The van der Waals surface area contributed by atoms with Gasteiger partial charge < -0.3 is 4.74 Å². The second kappa shape index (κ2) is 6.02. The first-order valence-corrected chi connectivity index (χ1v) is 4.63. The number of nitriles is 1. The van der Waals surface area contributed by atoms with Gasteiger partial charge in [-0.05, 0) is 26.7 Å². The first-order chi connectivity index (χ1) is 5.62. The third kappa shape index (κ3) is 6.18. The van der Waals surface area contributed by atoms with Crippen LogP contribution in [0.4, 0.5) is 0 Å². The van der Waals surface area contributed by atoms with Crippen LogP contribution in [0.1, 0.15) is 46.5 Å². The van der Waals surface area contributed by atoms with Crippen molar-refractivity contribution in [3.05, 3.63) is 0 Å². The summed E-state index contributed by atoms with van der Waals surface area (Å²) < 4.78 is 5.62. The van der Waals surface area contributed by atoms with Crippen molar-refractivity contribution in [1.82, 2.24) is 0 Å². The lowest BCUT2D eigenvalue weighted by Gasteiger charge is -2.23. The maximum absolute atomic E-state index is 8.40. The van der Waals surface area contributed by atoms with Gasteiger partial charge in [0.25, 0.3) is 0 Å². The Bertz CT molecular complexity index is 146. The summed E-state index contributed by atoms with van der Waals surface area (Å²) in [4.78, 5) is 0. The van der Waals surface area contributed by atoms with Crippen molar-refractivity contribution in [3.63, 3.8) is 0 Å². The first kappa shape index (κ1) is 11.4. The van der Waals surface area contributed by atoms with Crippen LogP contribution in [0.5, 0.6) is 0 Å². The van der Waals surface area contributed by atoms with Gasteiger partial charge in [-0.1, -0.05) is 13.3 Å². The van der Waals surface area contributed by atoms with Crippen molar-refractivity contribution in [3.8, 4) is 6.07 Å². The average molecular weight is 169 g/mol. The lowest BCUT2D eigenvalue weighted by Crippen LogP contribution is -2.24. The average Bonchev–Trinajstić information content (AvgIpc) is 2.01. The highest BCUT2D eigenvalue weighted by Gasteiger charge is 2.16. The minimum atomic E-state index is -0.120. The minimum absolute atomic E-state index is 0.120. The Morgan fingerprint density at radius 1 is 1.42 bits per heavy atom. The van der Waals surface area contributed by atoms with Gasteiger partial charge in [0.1, 0.15) is 0 Å². The zero-order valence-corrected chi connectivity index (χ0v) is 8.39. The van der Waals surface area contributed by atoms with Gasteiger partial charge in [-0.3, -0.25) is 0 Å². The Balaban J connectivity index is 3.50. The topological polar surface area (TPSA) is 33.0 Å². The van der Waals surface area contributed by atoms with Crippen molar-refractivity contribution in [2.45, 2.75) is 52.1 Å². The van der Waals surface area contributed by atoms with Gasteiger partial charge >= 0.3 is 0 Å². The third-order valence-corrected chi connectivity index (χ3v) is 1.83. The highest BCUT2D eigenvalue weighted by Crippen LogP contribution is 2.16. The molecule has 2 nitrogen and oxygen atoms in total. The SMILES string of the molecule is CCCCOC(C)(C)CCC#N. The molecule has 0 bridgehead atoms. The predicted molar refractivity (Wildman–Crippen MR) is 49.8 cm³/mol. The summed E-state index contributed by atoms with van der Waals surface area (Å²) in [5.74, 6) is 0. The maximum atomic E-state index is 8.40. The normalized spacial score (nSPS) is 11.2. The van der Waals surface area contributed by atoms with Gasteiger partial charge in [-0.15, -0.1) is 0 Å². The summed E-state index contributed by atoms with van der Waals surface area (Å²) in [7, 11) is 0. The molecule has 0 aliphatic carbocycles. The summed E-state index contributed by atoms with van der Waals surface area (Å²) >= 11 is 0. The zero-order valence-electron chi connectivity index (χ0n) is 8.39. The standard InChI is InChI=1S/C10H19NO/c1-4-5-9-12-10(2,3)7-6-8-11/h4-7,9H2,1-3H3. The van der Waals surface area contributed by atoms with Gasteiger partial charge in [-0.25, -0.2) is 0 Å². The molecule has 0 saturated carbocycles. The highest BCUT2D eigenvalue weighted by atomic mass is 16.5. The van der Waals surface area contributed by atoms with Crippen LogP contribution in [0.2, 0.25) is 0 Å². The smallest absolute Gasteiger partial charge is 0.0636 e. The van der Waals surface area contributed by atoms with E-state index in [9.17, 15) is 0 Å². The van der Waals surface area contributed by atoms with Crippen molar-refractivity contribution >= 4 is 0 Å². The predicted octanol–water partition coefficient (Wildman–Crippen LogP) is 2.89. The fourth-order valence-electron chi connectivity index (χ4n) is 0.922. The largest absolute Gasteiger partial charge is 0.376 e. The Labute approximate surface area is 75.5 Å². The molecular weight excluding hydrogens is 150 g/mol. The molecule has 0 fully saturated rings. The van der Waals surface area contributed by atoms with Crippen LogP contribution in [0, 0.1) is 11.3 Å². The number of hydrogen-bond acceptors (Lipinski definition) is 2. The zero-order chi connectivity index (χ0) is 9.45. The minimum Gasteiger partial charge on any atom is -0.376 e. The molecule has 0 aliphatic heterocycles. The molecule has 0 amide bonds. The summed E-state index contributed by atoms with van der Waals surface area (Å²) in [5, 5.41) is 8.40. The molecule has 0 heterocycles. The van der Waals surface area contributed by atoms with Crippen molar-refractivity contribution in [1.29, 1.82) is 5.26 Å². The molecule has 0 aromatic carbocycles. The lowest BCUT2D eigenvalue weighted by atomic mass is 10.0. The Hall–Kier alpha value is -0.550. The van der Waals surface area contributed by atoms with Crippen molar-refractivity contribution in [2.24, 2.45) is 0 Å². The molecule has 0 aromatic heterocycles. The van der Waals surface area contributed by atoms with Crippen LogP contribution in [-0.4, -0.2) is 12.2 Å². The van der Waals surface area contributed by atoms with E-state index in [0.29, 0.717) is 6.42 Å². The first-order valence-electron chi connectivity index (χ1n) is 4.63. The van der Waals surface area contributed by atoms with E-state index in [0.717, 1.165) is 25.9 Å². The van der Waals surface area contributed by atoms with E-state index in [1.807, 2.05) is 13.8 Å².